The van der Waals surface area contributed by atoms with Gasteiger partial charge < -0.3 is 9.64 Å². The summed E-state index contributed by atoms with van der Waals surface area (Å²) in [6.45, 7) is 0. The molecule has 3 rings (SSSR count). The second-order valence-corrected chi connectivity index (χ2v) is 7.15. The first-order valence-electron chi connectivity index (χ1n) is 8.56. The lowest BCUT2D eigenvalue weighted by Crippen LogP contribution is -2.25. The van der Waals surface area contributed by atoms with Crippen molar-refractivity contribution >= 4 is 33.7 Å². The normalized spacial score (nSPS) is 11.1. The first-order valence-corrected chi connectivity index (χ1v) is 9.35. The molecule has 0 spiro atoms. The van der Waals surface area contributed by atoms with E-state index >= 15 is 0 Å². The molecule has 0 fully saturated rings. The fourth-order valence-electron chi connectivity index (χ4n) is 2.64. The third-order valence-corrected chi connectivity index (χ3v) is 4.48. The molecule has 3 nitrogen and oxygen atoms in total. The van der Waals surface area contributed by atoms with Crippen LogP contribution in [0.2, 0.25) is 0 Å². The van der Waals surface area contributed by atoms with Crippen LogP contribution < -0.4 is 4.74 Å². The van der Waals surface area contributed by atoms with Crippen LogP contribution >= 0.6 is 15.9 Å². The number of ether oxygens (including phenoxy) is 1. The van der Waals surface area contributed by atoms with Gasteiger partial charge in [0.25, 0.3) is 0 Å². The topological polar surface area (TPSA) is 29.5 Å². The molecule has 4 heteroatoms. The van der Waals surface area contributed by atoms with E-state index < -0.39 is 6.09 Å². The van der Waals surface area contributed by atoms with Crippen LogP contribution in [0.3, 0.4) is 0 Å². The molecule has 0 aliphatic heterocycles. The van der Waals surface area contributed by atoms with E-state index in [1.807, 2.05) is 78.9 Å². The van der Waals surface area contributed by atoms with Crippen LogP contribution in [-0.2, 0) is 0 Å². The summed E-state index contributed by atoms with van der Waals surface area (Å²) in [7, 11) is 3.33. The molecule has 0 aromatic heterocycles. The summed E-state index contributed by atoms with van der Waals surface area (Å²) in [4.78, 5) is 13.6. The maximum absolute atomic E-state index is 12.2. The van der Waals surface area contributed by atoms with Gasteiger partial charge >= 0.3 is 6.09 Å². The summed E-state index contributed by atoms with van der Waals surface area (Å²) in [5, 5.41) is 0. The molecule has 3 aromatic rings. The van der Waals surface area contributed by atoms with Crippen molar-refractivity contribution in [3.8, 4) is 5.75 Å². The predicted octanol–water partition coefficient (Wildman–Crippen LogP) is 6.10. The van der Waals surface area contributed by atoms with Gasteiger partial charge in [-0.2, -0.15) is 0 Å². The lowest BCUT2D eigenvalue weighted by atomic mass is 9.95. The third-order valence-electron chi connectivity index (χ3n) is 3.99. The molecule has 0 radical (unpaired) electrons. The molecule has 0 saturated carbocycles. The summed E-state index contributed by atoms with van der Waals surface area (Å²) >= 11 is 3.47. The van der Waals surface area contributed by atoms with Gasteiger partial charge in [-0.05, 0) is 41.0 Å². The minimum Gasteiger partial charge on any atom is -0.410 e. The van der Waals surface area contributed by atoms with Gasteiger partial charge in [-0.3, -0.25) is 0 Å². The maximum Gasteiger partial charge on any atom is 0.414 e. The summed E-state index contributed by atoms with van der Waals surface area (Å²) in [5.74, 6) is 0.508. The molecule has 0 heterocycles. The number of benzene rings is 3. The van der Waals surface area contributed by atoms with Gasteiger partial charge in [-0.25, -0.2) is 4.79 Å². The third kappa shape index (κ3) is 4.86. The second-order valence-electron chi connectivity index (χ2n) is 6.24. The van der Waals surface area contributed by atoms with Crippen molar-refractivity contribution in [3.05, 3.63) is 100 Å². The van der Waals surface area contributed by atoms with E-state index in [4.69, 9.17) is 4.74 Å². The average molecular weight is 422 g/mol. The number of carbonyl (C=O) groups excluding carboxylic acids is 1. The Balaban J connectivity index is 2.16. The van der Waals surface area contributed by atoms with Crippen molar-refractivity contribution in [1.82, 2.24) is 4.90 Å². The standard InChI is InChI=1S/C23H20BrNO2/c1-25(2)23(26)27-22-16-19(24)13-14-20(22)21(18-11-7-4-8-12-18)15-17-9-5-3-6-10-17/h3-16H,1-2H3/b21-15+. The maximum atomic E-state index is 12.2. The summed E-state index contributed by atoms with van der Waals surface area (Å²) < 4.78 is 6.49. The van der Waals surface area contributed by atoms with Crippen LogP contribution in [0, 0.1) is 0 Å². The summed E-state index contributed by atoms with van der Waals surface area (Å²) in [5.41, 5.74) is 3.95. The van der Waals surface area contributed by atoms with E-state index in [1.54, 1.807) is 14.1 Å². The van der Waals surface area contributed by atoms with E-state index in [9.17, 15) is 4.79 Å². The minimum absolute atomic E-state index is 0.415. The Hall–Kier alpha value is -2.85. The molecule has 0 aliphatic carbocycles. The Morgan fingerprint density at radius 1 is 0.926 bits per heavy atom. The molecule has 3 aromatic carbocycles. The monoisotopic (exact) mass is 421 g/mol. The molecule has 0 N–H and O–H groups in total. The zero-order chi connectivity index (χ0) is 19.2. The van der Waals surface area contributed by atoms with E-state index in [0.29, 0.717) is 5.75 Å². The highest BCUT2D eigenvalue weighted by atomic mass is 79.9. The van der Waals surface area contributed by atoms with Crippen molar-refractivity contribution in [2.24, 2.45) is 0 Å². The zero-order valence-electron chi connectivity index (χ0n) is 15.2. The lowest BCUT2D eigenvalue weighted by molar-refractivity contribution is 0.172. The van der Waals surface area contributed by atoms with Crippen molar-refractivity contribution in [1.29, 1.82) is 0 Å². The van der Waals surface area contributed by atoms with Gasteiger partial charge in [0, 0.05) is 24.1 Å². The molecule has 0 atom stereocenters. The number of hydrogen-bond donors (Lipinski definition) is 0. The summed E-state index contributed by atoms with van der Waals surface area (Å²) in [6.07, 6.45) is 1.69. The highest BCUT2D eigenvalue weighted by Gasteiger charge is 2.16. The minimum atomic E-state index is -0.415. The fraction of sp³-hybridized carbons (Fsp3) is 0.0870. The number of halogens is 1. The van der Waals surface area contributed by atoms with Crippen molar-refractivity contribution in [2.45, 2.75) is 0 Å². The molecule has 0 saturated heterocycles. The van der Waals surface area contributed by atoms with Crippen LogP contribution in [0.4, 0.5) is 4.79 Å². The number of rotatable bonds is 4. The Bertz CT molecular complexity index is 951. The lowest BCUT2D eigenvalue weighted by Gasteiger charge is -2.17. The van der Waals surface area contributed by atoms with E-state index in [-0.39, 0.29) is 0 Å². The quantitative estimate of drug-likeness (QED) is 0.476. The SMILES string of the molecule is CN(C)C(=O)Oc1cc(Br)ccc1/C(=C/c1ccccc1)c1ccccc1. The van der Waals surface area contributed by atoms with Crippen molar-refractivity contribution in [3.63, 3.8) is 0 Å². The van der Waals surface area contributed by atoms with Crippen LogP contribution in [0.25, 0.3) is 11.6 Å². The predicted molar refractivity (Wildman–Crippen MR) is 114 cm³/mol. The highest BCUT2D eigenvalue weighted by molar-refractivity contribution is 9.10. The Morgan fingerprint density at radius 3 is 2.19 bits per heavy atom. The number of carbonyl (C=O) groups is 1. The molecular formula is C23H20BrNO2. The molecule has 0 bridgehead atoms. The first-order chi connectivity index (χ1) is 13.0. The molecule has 0 unspecified atom stereocenters. The van der Waals surface area contributed by atoms with Gasteiger partial charge in [-0.1, -0.05) is 76.6 Å². The zero-order valence-corrected chi connectivity index (χ0v) is 16.8. The van der Waals surface area contributed by atoms with Gasteiger partial charge in [-0.15, -0.1) is 0 Å². The first kappa shape index (κ1) is 18.9. The summed E-state index contributed by atoms with van der Waals surface area (Å²) in [6, 6.07) is 25.9. The largest absolute Gasteiger partial charge is 0.414 e. The van der Waals surface area contributed by atoms with Gasteiger partial charge in [0.1, 0.15) is 5.75 Å². The number of nitrogens with zero attached hydrogens (tertiary/aromatic N) is 1. The van der Waals surface area contributed by atoms with Gasteiger partial charge in [0.05, 0.1) is 0 Å². The fourth-order valence-corrected chi connectivity index (χ4v) is 2.98. The van der Waals surface area contributed by atoms with E-state index in [2.05, 4.69) is 22.0 Å². The molecule has 136 valence electrons. The van der Waals surface area contributed by atoms with Gasteiger partial charge in [0.2, 0.25) is 0 Å². The number of hydrogen-bond acceptors (Lipinski definition) is 2. The smallest absolute Gasteiger partial charge is 0.410 e. The van der Waals surface area contributed by atoms with Crippen LogP contribution in [-0.4, -0.2) is 25.1 Å². The highest BCUT2D eigenvalue weighted by Crippen LogP contribution is 2.35. The second kappa shape index (κ2) is 8.69. The molecular weight excluding hydrogens is 402 g/mol. The van der Waals surface area contributed by atoms with Crippen LogP contribution in [0.15, 0.2) is 83.3 Å². The number of amides is 1. The average Bonchev–Trinajstić information content (AvgIpc) is 2.68. The van der Waals surface area contributed by atoms with Crippen LogP contribution in [0.1, 0.15) is 16.7 Å². The molecule has 1 amide bonds. The van der Waals surface area contributed by atoms with E-state index in [0.717, 1.165) is 26.7 Å². The van der Waals surface area contributed by atoms with E-state index in [1.165, 1.54) is 4.90 Å². The van der Waals surface area contributed by atoms with Crippen molar-refractivity contribution in [2.75, 3.05) is 14.1 Å². The Kier molecular flexibility index (Phi) is 6.09. The molecule has 27 heavy (non-hydrogen) atoms. The van der Waals surface area contributed by atoms with Gasteiger partial charge in [0.15, 0.2) is 0 Å². The Morgan fingerprint density at radius 2 is 1.56 bits per heavy atom. The van der Waals surface area contributed by atoms with Crippen molar-refractivity contribution < 1.29 is 9.53 Å². The Labute approximate surface area is 168 Å². The van der Waals surface area contributed by atoms with Crippen LogP contribution in [0.5, 0.6) is 5.75 Å². The molecule has 0 aliphatic rings.